The fourth-order valence-electron chi connectivity index (χ4n) is 4.98. The van der Waals surface area contributed by atoms with E-state index in [1.165, 1.54) is 6.92 Å². The highest BCUT2D eigenvalue weighted by atomic mass is 79.9. The van der Waals surface area contributed by atoms with Crippen LogP contribution in [0, 0.1) is 0 Å². The monoisotopic (exact) mass is 698 g/mol. The van der Waals surface area contributed by atoms with Gasteiger partial charge >= 0.3 is 5.97 Å². The van der Waals surface area contributed by atoms with Gasteiger partial charge in [-0.05, 0) is 35.7 Å². The Balaban J connectivity index is 1.77. The molecule has 4 atom stereocenters. The molecule has 46 heavy (non-hydrogen) atoms. The summed E-state index contributed by atoms with van der Waals surface area (Å²) in [6.45, 7) is 3.17. The lowest BCUT2D eigenvalue weighted by molar-refractivity contribution is -0.141. The number of nitrogens with two attached hydrogens (primary N) is 1. The molecule has 14 heteroatoms. The summed E-state index contributed by atoms with van der Waals surface area (Å²) >= 11 is 3.34. The number of rotatable bonds is 17. The molecule has 0 unspecified atom stereocenters. The molecule has 0 spiro atoms. The minimum atomic E-state index is -1.58. The van der Waals surface area contributed by atoms with Crippen molar-refractivity contribution < 1.29 is 33.9 Å². The van der Waals surface area contributed by atoms with E-state index >= 15 is 0 Å². The third-order valence-corrected chi connectivity index (χ3v) is 7.77. The molecule has 3 rings (SSSR count). The molecule has 8 N–H and O–H groups in total. The number of nitrogens with one attached hydrogen (secondary N) is 5. The maximum atomic E-state index is 13.5. The molecule has 246 valence electrons. The molecule has 0 saturated carbocycles. The van der Waals surface area contributed by atoms with Gasteiger partial charge in [0.15, 0.2) is 0 Å². The molecule has 0 aliphatic heterocycles. The number of carbonyl (C=O) groups excluding carboxylic acids is 5. The minimum Gasteiger partial charge on any atom is -0.481 e. The van der Waals surface area contributed by atoms with Crippen LogP contribution in [0.5, 0.6) is 0 Å². The number of hydrogen-bond acceptors (Lipinski definition) is 6. The Bertz CT molecular complexity index is 1580. The predicted molar refractivity (Wildman–Crippen MR) is 174 cm³/mol. The minimum absolute atomic E-state index is 0.0321. The Labute approximate surface area is 274 Å². The summed E-state index contributed by atoms with van der Waals surface area (Å²) in [7, 11) is 0. The Morgan fingerprint density at radius 1 is 0.848 bits per heavy atom. The highest BCUT2D eigenvalue weighted by molar-refractivity contribution is 9.10. The molecular weight excluding hydrogens is 660 g/mol. The van der Waals surface area contributed by atoms with Gasteiger partial charge in [-0.1, -0.05) is 66.0 Å². The fourth-order valence-corrected chi connectivity index (χ4v) is 5.42. The lowest BCUT2D eigenvalue weighted by atomic mass is 10.0. The number of benzene rings is 2. The van der Waals surface area contributed by atoms with E-state index in [4.69, 9.17) is 5.73 Å². The summed E-state index contributed by atoms with van der Waals surface area (Å²) in [6, 6.07) is 9.56. The van der Waals surface area contributed by atoms with Crippen molar-refractivity contribution >= 4 is 62.3 Å². The third kappa shape index (κ3) is 10.7. The van der Waals surface area contributed by atoms with E-state index in [2.05, 4.69) is 42.2 Å². The van der Waals surface area contributed by atoms with Crippen molar-refractivity contribution in [1.82, 2.24) is 26.3 Å². The molecule has 3 aromatic rings. The highest BCUT2D eigenvalue weighted by Crippen LogP contribution is 2.19. The zero-order valence-electron chi connectivity index (χ0n) is 25.6. The number of primary amides is 1. The summed E-state index contributed by atoms with van der Waals surface area (Å²) in [5.74, 6) is -5.01. The quantitative estimate of drug-likeness (QED) is 0.111. The Morgan fingerprint density at radius 2 is 1.50 bits per heavy atom. The van der Waals surface area contributed by atoms with Gasteiger partial charge in [-0.25, -0.2) is 0 Å². The van der Waals surface area contributed by atoms with Crippen molar-refractivity contribution in [3.63, 3.8) is 0 Å². The van der Waals surface area contributed by atoms with Crippen LogP contribution in [-0.4, -0.2) is 69.8 Å². The molecule has 2 aromatic carbocycles. The lowest BCUT2D eigenvalue weighted by Crippen LogP contribution is -2.58. The Morgan fingerprint density at radius 3 is 2.15 bits per heavy atom. The van der Waals surface area contributed by atoms with Crippen LogP contribution in [0.25, 0.3) is 10.9 Å². The summed E-state index contributed by atoms with van der Waals surface area (Å²) in [6.07, 6.45) is 2.51. The van der Waals surface area contributed by atoms with Crippen LogP contribution in [0.15, 0.2) is 59.2 Å². The molecule has 0 aliphatic carbocycles. The van der Waals surface area contributed by atoms with Gasteiger partial charge < -0.3 is 37.1 Å². The number of carboxylic acid groups (broad SMARTS) is 1. The van der Waals surface area contributed by atoms with Crippen LogP contribution < -0.4 is 27.0 Å². The number of unbranched alkanes of at least 4 members (excludes halogenated alkanes) is 1. The number of aromatic amines is 1. The van der Waals surface area contributed by atoms with Crippen molar-refractivity contribution in [3.05, 3.63) is 70.3 Å². The number of H-pyrrole nitrogens is 1. The molecule has 13 nitrogen and oxygen atoms in total. The number of carboxylic acids is 1. The summed E-state index contributed by atoms with van der Waals surface area (Å²) in [5.41, 5.74) is 7.85. The first kappa shape index (κ1) is 35.8. The van der Waals surface area contributed by atoms with E-state index in [1.54, 1.807) is 30.5 Å². The molecule has 5 amide bonds. The number of amides is 5. The Hall–Kier alpha value is -4.72. The van der Waals surface area contributed by atoms with Gasteiger partial charge in [0.25, 0.3) is 0 Å². The number of carbonyl (C=O) groups is 6. The predicted octanol–water partition coefficient (Wildman–Crippen LogP) is 1.82. The third-order valence-electron chi connectivity index (χ3n) is 7.27. The topological polar surface area (TPSA) is 213 Å². The smallest absolute Gasteiger partial charge is 0.305 e. The van der Waals surface area contributed by atoms with Gasteiger partial charge in [-0.2, -0.15) is 0 Å². The van der Waals surface area contributed by atoms with Gasteiger partial charge in [-0.3, -0.25) is 28.8 Å². The van der Waals surface area contributed by atoms with Crippen molar-refractivity contribution in [3.8, 4) is 0 Å². The first-order valence-electron chi connectivity index (χ1n) is 14.9. The standard InChI is InChI=1S/C32H39BrN6O7/c1-3-4-11-24(37-31(45)26(36-18(2)40)15-20-17-35-23-12-6-5-10-22(20)23)30(44)39-27(16-28(41)42)32(46)38-25(29(34)43)14-19-8-7-9-21(33)13-19/h5-10,12-13,17,24-27,35H,3-4,11,14-16H2,1-2H3,(H2,34,43)(H,36,40)(H,37,45)(H,38,46)(H,39,44)(H,41,42)/t24-,25-,26+,27-/m0/s1. The zero-order chi connectivity index (χ0) is 33.8. The van der Waals surface area contributed by atoms with Gasteiger partial charge in [-0.15, -0.1) is 0 Å². The van der Waals surface area contributed by atoms with Gasteiger partial charge in [0.1, 0.15) is 24.2 Å². The maximum Gasteiger partial charge on any atom is 0.305 e. The molecule has 0 aliphatic rings. The van der Waals surface area contributed by atoms with E-state index in [0.717, 1.165) is 20.9 Å². The summed E-state index contributed by atoms with van der Waals surface area (Å²) in [4.78, 5) is 79.2. The second-order valence-electron chi connectivity index (χ2n) is 11.0. The largest absolute Gasteiger partial charge is 0.481 e. The first-order chi connectivity index (χ1) is 21.9. The van der Waals surface area contributed by atoms with Crippen LogP contribution in [0.4, 0.5) is 0 Å². The zero-order valence-corrected chi connectivity index (χ0v) is 27.2. The van der Waals surface area contributed by atoms with E-state index in [-0.39, 0.29) is 19.3 Å². The number of hydrogen-bond donors (Lipinski definition) is 7. The second kappa shape index (κ2) is 17.1. The van der Waals surface area contributed by atoms with E-state index in [9.17, 15) is 33.9 Å². The maximum absolute atomic E-state index is 13.5. The van der Waals surface area contributed by atoms with Crippen molar-refractivity contribution in [1.29, 1.82) is 0 Å². The van der Waals surface area contributed by atoms with Gasteiger partial charge in [0.2, 0.25) is 29.5 Å². The number of halogens is 1. The lowest BCUT2D eigenvalue weighted by Gasteiger charge is -2.25. The van der Waals surface area contributed by atoms with E-state index in [1.807, 2.05) is 31.2 Å². The van der Waals surface area contributed by atoms with Crippen molar-refractivity contribution in [2.75, 3.05) is 0 Å². The Kier molecular flexibility index (Phi) is 13.3. The average molecular weight is 700 g/mol. The SMILES string of the molecule is CCCC[C@H](NC(=O)[C@@H](Cc1c[nH]c2ccccc12)NC(C)=O)C(=O)N[C@@H](CC(=O)O)C(=O)N[C@@H](Cc1cccc(Br)c1)C(N)=O. The number of fused-ring (bicyclic) bond motifs is 1. The van der Waals surface area contributed by atoms with Crippen LogP contribution in [0.1, 0.15) is 50.7 Å². The van der Waals surface area contributed by atoms with E-state index < -0.39 is 66.1 Å². The molecule has 0 bridgehead atoms. The van der Waals surface area contributed by atoms with Gasteiger partial charge in [0.05, 0.1) is 6.42 Å². The molecule has 0 fully saturated rings. The number of aliphatic carboxylic acids is 1. The van der Waals surface area contributed by atoms with Crippen LogP contribution >= 0.6 is 15.9 Å². The molecule has 1 aromatic heterocycles. The van der Waals surface area contributed by atoms with Crippen LogP contribution in [0.2, 0.25) is 0 Å². The highest BCUT2D eigenvalue weighted by Gasteiger charge is 2.32. The van der Waals surface area contributed by atoms with Crippen molar-refractivity contribution in [2.24, 2.45) is 5.73 Å². The summed E-state index contributed by atoms with van der Waals surface area (Å²) in [5, 5.41) is 20.6. The molecule has 0 saturated heterocycles. The second-order valence-corrected chi connectivity index (χ2v) is 11.9. The molecule has 0 radical (unpaired) electrons. The first-order valence-corrected chi connectivity index (χ1v) is 15.7. The fraction of sp³-hybridized carbons (Fsp3) is 0.375. The van der Waals surface area contributed by atoms with Gasteiger partial charge in [0, 0.05) is 41.3 Å². The average Bonchev–Trinajstić information content (AvgIpc) is 3.40. The molecule has 1 heterocycles. The number of aromatic nitrogens is 1. The van der Waals surface area contributed by atoms with Crippen LogP contribution in [-0.2, 0) is 41.6 Å². The number of para-hydroxylation sites is 1. The van der Waals surface area contributed by atoms with Crippen LogP contribution in [0.3, 0.4) is 0 Å². The molecular formula is C32H39BrN6O7. The normalized spacial score (nSPS) is 13.5. The summed E-state index contributed by atoms with van der Waals surface area (Å²) < 4.78 is 0.748. The van der Waals surface area contributed by atoms with E-state index in [0.29, 0.717) is 18.4 Å². The van der Waals surface area contributed by atoms with Crippen molar-refractivity contribution in [2.45, 2.75) is 76.5 Å².